The predicted molar refractivity (Wildman–Crippen MR) is 69.4 cm³/mol. The average molecular weight is 226 g/mol. The molecule has 0 saturated heterocycles. The normalized spacial score (nSPS) is 12.7. The summed E-state index contributed by atoms with van der Waals surface area (Å²) in [6.45, 7) is 4.56. The Morgan fingerprint density at radius 1 is 1.14 bits per heavy atom. The van der Waals surface area contributed by atoms with Crippen molar-refractivity contribution in [2.75, 3.05) is 11.5 Å². The van der Waals surface area contributed by atoms with E-state index < -0.39 is 0 Å². The van der Waals surface area contributed by atoms with Gasteiger partial charge in [0.25, 0.3) is 0 Å². The summed E-state index contributed by atoms with van der Waals surface area (Å²) < 4.78 is 0. The van der Waals surface area contributed by atoms with Crippen LogP contribution in [-0.2, 0) is 0 Å². The highest BCUT2D eigenvalue weighted by Crippen LogP contribution is 2.20. The molecule has 0 aliphatic carbocycles. The van der Waals surface area contributed by atoms with E-state index in [0.29, 0.717) is 0 Å². The molecule has 0 heterocycles. The summed E-state index contributed by atoms with van der Waals surface area (Å²) >= 11 is 4.03. The third-order valence-corrected chi connectivity index (χ3v) is 4.69. The van der Waals surface area contributed by atoms with Gasteiger partial charge in [-0.3, -0.25) is 0 Å². The lowest BCUT2D eigenvalue weighted by molar-refractivity contribution is 0.906. The zero-order valence-electron chi connectivity index (χ0n) is 8.90. The van der Waals surface area contributed by atoms with Crippen LogP contribution in [0.15, 0.2) is 35.2 Å². The molecule has 1 aromatic carbocycles. The molecule has 0 amide bonds. The lowest BCUT2D eigenvalue weighted by Crippen LogP contribution is -1.95. The van der Waals surface area contributed by atoms with Gasteiger partial charge in [0.1, 0.15) is 0 Å². The van der Waals surface area contributed by atoms with Crippen LogP contribution in [0.2, 0.25) is 0 Å². The molecule has 0 saturated carbocycles. The topological polar surface area (TPSA) is 0 Å². The SMILES string of the molecule is CCC(C)SCCSc1ccccc1. The van der Waals surface area contributed by atoms with Crippen molar-refractivity contribution in [3.8, 4) is 0 Å². The van der Waals surface area contributed by atoms with Gasteiger partial charge in [-0.2, -0.15) is 11.8 Å². The molecule has 0 bridgehead atoms. The van der Waals surface area contributed by atoms with Gasteiger partial charge in [0.15, 0.2) is 0 Å². The van der Waals surface area contributed by atoms with Gasteiger partial charge < -0.3 is 0 Å². The molecular weight excluding hydrogens is 208 g/mol. The minimum absolute atomic E-state index is 0.811. The minimum atomic E-state index is 0.811. The first kappa shape index (κ1) is 12.0. The Kier molecular flexibility index (Phi) is 6.20. The maximum atomic E-state index is 2.30. The second kappa shape index (κ2) is 7.24. The molecule has 1 aromatic rings. The summed E-state index contributed by atoms with van der Waals surface area (Å²) in [6.07, 6.45) is 1.28. The van der Waals surface area contributed by atoms with Crippen LogP contribution in [0.3, 0.4) is 0 Å². The number of thioether (sulfide) groups is 2. The molecule has 1 unspecified atom stereocenters. The van der Waals surface area contributed by atoms with E-state index in [1.807, 2.05) is 11.8 Å². The number of hydrogen-bond acceptors (Lipinski definition) is 2. The number of rotatable bonds is 6. The van der Waals surface area contributed by atoms with E-state index in [2.05, 4.69) is 55.9 Å². The molecule has 0 nitrogen and oxygen atoms in total. The van der Waals surface area contributed by atoms with Gasteiger partial charge >= 0.3 is 0 Å². The standard InChI is InChI=1S/C12H18S2/c1-3-11(2)13-9-10-14-12-7-5-4-6-8-12/h4-8,11H,3,9-10H2,1-2H3. The van der Waals surface area contributed by atoms with Gasteiger partial charge in [-0.25, -0.2) is 0 Å². The second-order valence-electron chi connectivity index (χ2n) is 3.25. The average Bonchev–Trinajstić information content (AvgIpc) is 2.25. The van der Waals surface area contributed by atoms with Gasteiger partial charge in [0, 0.05) is 21.7 Å². The summed E-state index contributed by atoms with van der Waals surface area (Å²) in [6, 6.07) is 10.6. The van der Waals surface area contributed by atoms with Crippen LogP contribution in [0.25, 0.3) is 0 Å². The van der Waals surface area contributed by atoms with Crippen molar-refractivity contribution in [2.45, 2.75) is 30.4 Å². The first-order chi connectivity index (χ1) is 6.83. The first-order valence-electron chi connectivity index (χ1n) is 5.12. The molecule has 1 atom stereocenters. The lowest BCUT2D eigenvalue weighted by Gasteiger charge is -2.07. The number of benzene rings is 1. The van der Waals surface area contributed by atoms with Gasteiger partial charge in [-0.1, -0.05) is 32.0 Å². The monoisotopic (exact) mass is 226 g/mol. The molecule has 0 fully saturated rings. The molecule has 0 N–H and O–H groups in total. The smallest absolute Gasteiger partial charge is 0.00722 e. The minimum Gasteiger partial charge on any atom is -0.158 e. The van der Waals surface area contributed by atoms with Crippen molar-refractivity contribution in [1.82, 2.24) is 0 Å². The van der Waals surface area contributed by atoms with E-state index in [0.717, 1.165) is 5.25 Å². The van der Waals surface area contributed by atoms with Crippen LogP contribution in [0.4, 0.5) is 0 Å². The van der Waals surface area contributed by atoms with E-state index in [9.17, 15) is 0 Å². The fourth-order valence-electron chi connectivity index (χ4n) is 1.04. The second-order valence-corrected chi connectivity index (χ2v) is 5.97. The Morgan fingerprint density at radius 2 is 1.86 bits per heavy atom. The van der Waals surface area contributed by atoms with E-state index in [-0.39, 0.29) is 0 Å². The molecule has 0 aromatic heterocycles. The maximum absolute atomic E-state index is 2.30. The van der Waals surface area contributed by atoms with Crippen molar-refractivity contribution in [2.24, 2.45) is 0 Å². The van der Waals surface area contributed by atoms with Crippen molar-refractivity contribution in [3.63, 3.8) is 0 Å². The first-order valence-corrected chi connectivity index (χ1v) is 7.15. The summed E-state index contributed by atoms with van der Waals surface area (Å²) in [5.74, 6) is 2.48. The zero-order chi connectivity index (χ0) is 10.2. The molecule has 14 heavy (non-hydrogen) atoms. The van der Waals surface area contributed by atoms with Gasteiger partial charge in [-0.05, 0) is 18.6 Å². The Hall–Kier alpha value is -0.0800. The van der Waals surface area contributed by atoms with E-state index in [4.69, 9.17) is 0 Å². The summed E-state index contributed by atoms with van der Waals surface area (Å²) in [7, 11) is 0. The van der Waals surface area contributed by atoms with Gasteiger partial charge in [-0.15, -0.1) is 11.8 Å². The van der Waals surface area contributed by atoms with Gasteiger partial charge in [0.2, 0.25) is 0 Å². The van der Waals surface area contributed by atoms with Crippen molar-refractivity contribution in [3.05, 3.63) is 30.3 Å². The molecule has 0 aliphatic rings. The third kappa shape index (κ3) is 4.97. The fraction of sp³-hybridized carbons (Fsp3) is 0.500. The molecule has 2 heteroatoms. The maximum Gasteiger partial charge on any atom is 0.00722 e. The Labute approximate surface area is 95.9 Å². The van der Waals surface area contributed by atoms with Crippen LogP contribution < -0.4 is 0 Å². The Balaban J connectivity index is 2.10. The zero-order valence-corrected chi connectivity index (χ0v) is 10.5. The highest BCUT2D eigenvalue weighted by atomic mass is 32.2. The Bertz CT molecular complexity index is 233. The molecule has 0 radical (unpaired) electrons. The lowest BCUT2D eigenvalue weighted by atomic mass is 10.4. The van der Waals surface area contributed by atoms with Crippen LogP contribution in [0, 0.1) is 0 Å². The number of hydrogen-bond donors (Lipinski definition) is 0. The van der Waals surface area contributed by atoms with Crippen LogP contribution >= 0.6 is 23.5 Å². The molecular formula is C12H18S2. The summed E-state index contributed by atoms with van der Waals surface area (Å²) in [4.78, 5) is 1.39. The van der Waals surface area contributed by atoms with Crippen molar-refractivity contribution < 1.29 is 0 Å². The fourth-order valence-corrected chi connectivity index (χ4v) is 2.98. The quantitative estimate of drug-likeness (QED) is 0.523. The molecule has 0 aliphatic heterocycles. The molecule has 1 rings (SSSR count). The molecule has 78 valence electrons. The highest BCUT2D eigenvalue weighted by molar-refractivity contribution is 8.03. The predicted octanol–water partition coefficient (Wildman–Crippen LogP) is 4.31. The highest BCUT2D eigenvalue weighted by Gasteiger charge is 1.98. The van der Waals surface area contributed by atoms with Crippen LogP contribution in [0.5, 0.6) is 0 Å². The van der Waals surface area contributed by atoms with Crippen LogP contribution in [0.1, 0.15) is 20.3 Å². The van der Waals surface area contributed by atoms with Crippen molar-refractivity contribution >= 4 is 23.5 Å². The summed E-state index contributed by atoms with van der Waals surface area (Å²) in [5.41, 5.74) is 0. The van der Waals surface area contributed by atoms with Crippen LogP contribution in [-0.4, -0.2) is 16.8 Å². The largest absolute Gasteiger partial charge is 0.158 e. The van der Waals surface area contributed by atoms with Crippen molar-refractivity contribution in [1.29, 1.82) is 0 Å². The van der Waals surface area contributed by atoms with E-state index in [1.54, 1.807) is 0 Å². The summed E-state index contributed by atoms with van der Waals surface area (Å²) in [5, 5.41) is 0.811. The Morgan fingerprint density at radius 3 is 2.50 bits per heavy atom. The third-order valence-electron chi connectivity index (χ3n) is 2.07. The van der Waals surface area contributed by atoms with E-state index >= 15 is 0 Å². The van der Waals surface area contributed by atoms with E-state index in [1.165, 1.54) is 22.8 Å². The molecule has 0 spiro atoms. The van der Waals surface area contributed by atoms with Gasteiger partial charge in [0.05, 0.1) is 0 Å².